The Bertz CT molecular complexity index is 362. The molecule has 0 aliphatic carbocycles. The van der Waals surface area contributed by atoms with Gasteiger partial charge >= 0.3 is 0 Å². The van der Waals surface area contributed by atoms with Gasteiger partial charge in [0.15, 0.2) is 0 Å². The van der Waals surface area contributed by atoms with Gasteiger partial charge < -0.3 is 15.1 Å². The van der Waals surface area contributed by atoms with E-state index in [0.29, 0.717) is 12.0 Å². The van der Waals surface area contributed by atoms with E-state index in [9.17, 15) is 0 Å². The van der Waals surface area contributed by atoms with Gasteiger partial charge in [0, 0.05) is 12.5 Å². The molecule has 0 bridgehead atoms. The molecule has 0 radical (unpaired) electrons. The Morgan fingerprint density at radius 2 is 2.25 bits per heavy atom. The zero-order valence-electron chi connectivity index (χ0n) is 9.75. The predicted octanol–water partition coefficient (Wildman–Crippen LogP) is 1.48. The summed E-state index contributed by atoms with van der Waals surface area (Å²) in [6.45, 7) is 5.28. The molecule has 3 rings (SSSR count). The van der Waals surface area contributed by atoms with Crippen LogP contribution in [0.25, 0.3) is 0 Å². The first-order valence-corrected chi connectivity index (χ1v) is 6.26. The van der Waals surface area contributed by atoms with Crippen molar-refractivity contribution in [3.05, 3.63) is 17.3 Å². The molecule has 2 fully saturated rings. The average Bonchev–Trinajstić information content (AvgIpc) is 2.97. The van der Waals surface area contributed by atoms with Gasteiger partial charge in [0.1, 0.15) is 5.76 Å². The summed E-state index contributed by atoms with van der Waals surface area (Å²) in [6, 6.07) is 0.349. The maximum atomic E-state index is 5.81. The van der Waals surface area contributed by atoms with E-state index >= 15 is 0 Å². The molecule has 4 heteroatoms. The van der Waals surface area contributed by atoms with Gasteiger partial charge in [-0.15, -0.1) is 0 Å². The van der Waals surface area contributed by atoms with Crippen molar-refractivity contribution < 1.29 is 4.42 Å². The number of nitrogens with one attached hydrogen (secondary N) is 2. The average molecular weight is 221 g/mol. The van der Waals surface area contributed by atoms with Crippen molar-refractivity contribution in [1.82, 2.24) is 15.6 Å². The van der Waals surface area contributed by atoms with Crippen LogP contribution >= 0.6 is 0 Å². The van der Waals surface area contributed by atoms with Gasteiger partial charge in [-0.3, -0.25) is 0 Å². The Hall–Kier alpha value is -0.870. The molecule has 2 atom stereocenters. The van der Waals surface area contributed by atoms with E-state index in [-0.39, 0.29) is 0 Å². The van der Waals surface area contributed by atoms with Crippen molar-refractivity contribution in [3.8, 4) is 0 Å². The van der Waals surface area contributed by atoms with Gasteiger partial charge in [-0.1, -0.05) is 0 Å². The van der Waals surface area contributed by atoms with E-state index in [4.69, 9.17) is 9.40 Å². The van der Waals surface area contributed by atoms with E-state index < -0.39 is 0 Å². The van der Waals surface area contributed by atoms with Gasteiger partial charge in [0.05, 0.1) is 11.7 Å². The molecule has 0 aromatic carbocycles. The van der Waals surface area contributed by atoms with Crippen LogP contribution in [-0.2, 0) is 0 Å². The van der Waals surface area contributed by atoms with Crippen molar-refractivity contribution in [2.24, 2.45) is 0 Å². The lowest BCUT2D eigenvalue weighted by Crippen LogP contribution is -2.13. The first kappa shape index (κ1) is 10.3. The topological polar surface area (TPSA) is 50.1 Å². The number of aromatic nitrogens is 1. The largest absolute Gasteiger partial charge is 0.444 e. The quantitative estimate of drug-likeness (QED) is 0.794. The maximum Gasteiger partial charge on any atom is 0.211 e. The number of hydrogen-bond acceptors (Lipinski definition) is 4. The Labute approximate surface area is 95.8 Å². The van der Waals surface area contributed by atoms with E-state index in [2.05, 4.69) is 10.6 Å². The zero-order valence-corrected chi connectivity index (χ0v) is 9.75. The summed E-state index contributed by atoms with van der Waals surface area (Å²) in [5.74, 6) is 2.47. The van der Waals surface area contributed by atoms with Gasteiger partial charge in [0.2, 0.25) is 5.89 Å². The van der Waals surface area contributed by atoms with Gasteiger partial charge in [-0.25, -0.2) is 4.98 Å². The minimum absolute atomic E-state index is 0.349. The van der Waals surface area contributed by atoms with Crippen LogP contribution in [0.1, 0.15) is 48.6 Å². The van der Waals surface area contributed by atoms with Crippen molar-refractivity contribution in [2.45, 2.75) is 38.1 Å². The van der Waals surface area contributed by atoms with Crippen LogP contribution in [0.5, 0.6) is 0 Å². The second kappa shape index (κ2) is 4.18. The monoisotopic (exact) mass is 221 g/mol. The summed E-state index contributed by atoms with van der Waals surface area (Å²) in [7, 11) is 0. The highest BCUT2D eigenvalue weighted by molar-refractivity contribution is 5.17. The molecule has 88 valence electrons. The summed E-state index contributed by atoms with van der Waals surface area (Å²) < 4.78 is 5.81. The molecule has 0 amide bonds. The highest BCUT2D eigenvalue weighted by Crippen LogP contribution is 2.29. The summed E-state index contributed by atoms with van der Waals surface area (Å²) >= 11 is 0. The third-order valence-corrected chi connectivity index (χ3v) is 3.65. The fourth-order valence-corrected chi connectivity index (χ4v) is 2.74. The predicted molar refractivity (Wildman–Crippen MR) is 61.4 cm³/mol. The Kier molecular flexibility index (Phi) is 2.69. The minimum Gasteiger partial charge on any atom is -0.444 e. The number of nitrogens with zero attached hydrogens (tertiary/aromatic N) is 1. The lowest BCUT2D eigenvalue weighted by Gasteiger charge is -2.04. The normalized spacial score (nSPS) is 30.1. The van der Waals surface area contributed by atoms with Crippen LogP contribution in [-0.4, -0.2) is 24.6 Å². The first-order chi connectivity index (χ1) is 7.84. The molecular weight excluding hydrogens is 202 g/mol. The lowest BCUT2D eigenvalue weighted by atomic mass is 10.0. The molecule has 2 N–H and O–H groups in total. The molecule has 0 saturated carbocycles. The fraction of sp³-hybridized carbons (Fsp3) is 0.750. The van der Waals surface area contributed by atoms with Crippen molar-refractivity contribution >= 4 is 0 Å². The number of rotatable bonds is 2. The molecular formula is C12H19N3O. The number of aryl methyl sites for hydroxylation is 1. The fourth-order valence-electron chi connectivity index (χ4n) is 2.74. The van der Waals surface area contributed by atoms with E-state index in [0.717, 1.165) is 37.7 Å². The first-order valence-electron chi connectivity index (χ1n) is 6.26. The second-order valence-corrected chi connectivity index (χ2v) is 4.83. The highest BCUT2D eigenvalue weighted by atomic mass is 16.4. The van der Waals surface area contributed by atoms with Crippen molar-refractivity contribution in [2.75, 3.05) is 19.6 Å². The minimum atomic E-state index is 0.349. The molecule has 3 heterocycles. The Morgan fingerprint density at radius 1 is 1.31 bits per heavy atom. The third-order valence-electron chi connectivity index (χ3n) is 3.65. The summed E-state index contributed by atoms with van der Waals surface area (Å²) in [5.41, 5.74) is 1.17. The molecule has 2 unspecified atom stereocenters. The van der Waals surface area contributed by atoms with Crippen LogP contribution < -0.4 is 10.6 Å². The van der Waals surface area contributed by atoms with E-state index in [1.165, 1.54) is 18.5 Å². The molecule has 2 saturated heterocycles. The van der Waals surface area contributed by atoms with Gasteiger partial charge in [-0.05, 0) is 39.3 Å². The van der Waals surface area contributed by atoms with Crippen LogP contribution in [0.4, 0.5) is 0 Å². The second-order valence-electron chi connectivity index (χ2n) is 4.83. The van der Waals surface area contributed by atoms with Gasteiger partial charge in [0.25, 0.3) is 0 Å². The summed E-state index contributed by atoms with van der Waals surface area (Å²) in [6.07, 6.45) is 3.57. The molecule has 2 aliphatic rings. The SMILES string of the molecule is Cc1oc(C2CCCN2)nc1C1CCNC1. The number of hydrogen-bond donors (Lipinski definition) is 2. The molecule has 4 nitrogen and oxygen atoms in total. The van der Waals surface area contributed by atoms with Crippen LogP contribution in [0.15, 0.2) is 4.42 Å². The number of oxazole rings is 1. The zero-order chi connectivity index (χ0) is 11.0. The molecule has 1 aromatic rings. The molecule has 2 aliphatic heterocycles. The van der Waals surface area contributed by atoms with Crippen LogP contribution in [0, 0.1) is 6.92 Å². The summed E-state index contributed by atoms with van der Waals surface area (Å²) in [5, 5.41) is 6.81. The highest BCUT2D eigenvalue weighted by Gasteiger charge is 2.27. The Morgan fingerprint density at radius 3 is 2.94 bits per heavy atom. The lowest BCUT2D eigenvalue weighted by molar-refractivity contribution is 0.414. The van der Waals surface area contributed by atoms with Crippen molar-refractivity contribution in [3.63, 3.8) is 0 Å². The Balaban J connectivity index is 1.83. The maximum absolute atomic E-state index is 5.81. The van der Waals surface area contributed by atoms with E-state index in [1.807, 2.05) is 6.92 Å². The summed E-state index contributed by atoms with van der Waals surface area (Å²) in [4.78, 5) is 4.70. The molecule has 16 heavy (non-hydrogen) atoms. The molecule has 1 aromatic heterocycles. The third kappa shape index (κ3) is 1.76. The van der Waals surface area contributed by atoms with Gasteiger partial charge in [-0.2, -0.15) is 0 Å². The van der Waals surface area contributed by atoms with E-state index in [1.54, 1.807) is 0 Å². The van der Waals surface area contributed by atoms with Crippen LogP contribution in [0.2, 0.25) is 0 Å². The molecule has 0 spiro atoms. The van der Waals surface area contributed by atoms with Crippen LogP contribution in [0.3, 0.4) is 0 Å². The standard InChI is InChI=1S/C12H19N3O/c1-8-11(9-4-6-13-7-9)15-12(16-8)10-3-2-5-14-10/h9-10,13-14H,2-7H2,1H3. The van der Waals surface area contributed by atoms with Crippen molar-refractivity contribution in [1.29, 1.82) is 0 Å². The smallest absolute Gasteiger partial charge is 0.211 e.